The van der Waals surface area contributed by atoms with E-state index in [0.717, 1.165) is 5.56 Å². The number of hydrogen-bond donors (Lipinski definition) is 1. The third kappa shape index (κ3) is 2.10. The highest BCUT2D eigenvalue weighted by Gasteiger charge is 2.32. The zero-order valence-corrected chi connectivity index (χ0v) is 12.8. The number of carbonyl (C=O) groups is 1. The molecule has 1 aromatic heterocycles. The van der Waals surface area contributed by atoms with Crippen LogP contribution in [0.5, 0.6) is 0 Å². The van der Waals surface area contributed by atoms with Crippen molar-refractivity contribution < 1.29 is 14.8 Å². The minimum atomic E-state index is -0.882. The fourth-order valence-corrected chi connectivity index (χ4v) is 3.34. The zero-order chi connectivity index (χ0) is 15.3. The van der Waals surface area contributed by atoms with Crippen LogP contribution in [0.3, 0.4) is 0 Å². The molecule has 1 aliphatic rings. The molecule has 1 atom stereocenters. The summed E-state index contributed by atoms with van der Waals surface area (Å²) in [4.78, 5) is 26.1. The number of carboxylic acids is 1. The summed E-state index contributed by atoms with van der Waals surface area (Å²) >= 11 is 3.25. The molecule has 0 saturated heterocycles. The van der Waals surface area contributed by atoms with Gasteiger partial charge < -0.3 is 9.67 Å². The lowest BCUT2D eigenvalue weighted by molar-refractivity contribution is -0.384. The van der Waals surface area contributed by atoms with E-state index in [2.05, 4.69) is 20.9 Å². The molecule has 8 heteroatoms. The second-order valence-electron chi connectivity index (χ2n) is 5.19. The number of aliphatic carboxylic acids is 1. The van der Waals surface area contributed by atoms with Crippen molar-refractivity contribution in [2.24, 2.45) is 0 Å². The number of nitro benzene ring substituents is 1. The number of rotatable bonds is 3. The number of halogens is 1. The summed E-state index contributed by atoms with van der Waals surface area (Å²) in [6.07, 6.45) is 0.699. The maximum atomic E-state index is 11.3. The molecule has 0 saturated carbocycles. The molecule has 0 spiro atoms. The molecule has 0 amide bonds. The number of hydrogen-bond acceptors (Lipinski definition) is 4. The Balaban J connectivity index is 2.25. The summed E-state index contributed by atoms with van der Waals surface area (Å²) in [5.41, 5.74) is 1.73. The van der Waals surface area contributed by atoms with Crippen LogP contribution >= 0.6 is 15.9 Å². The molecular formula is C13H12BrN3O4. The highest BCUT2D eigenvalue weighted by molar-refractivity contribution is 9.10. The fraction of sp³-hybridized carbons (Fsp3) is 0.385. The first-order chi connectivity index (χ1) is 9.90. The number of nitro groups is 1. The van der Waals surface area contributed by atoms with E-state index in [1.165, 1.54) is 0 Å². The lowest BCUT2D eigenvalue weighted by Crippen LogP contribution is -2.04. The maximum Gasteiger partial charge on any atom is 0.311 e. The molecule has 1 aliphatic heterocycles. The van der Waals surface area contributed by atoms with E-state index in [1.807, 2.05) is 10.6 Å². The smallest absolute Gasteiger partial charge is 0.311 e. The van der Waals surface area contributed by atoms with Crippen molar-refractivity contribution in [1.29, 1.82) is 0 Å². The first kappa shape index (κ1) is 14.0. The SMILES string of the molecule is Cc1cc2c(nc3n2CCC3CC(=O)O)c([N+](=O)[O-])c1Br. The Morgan fingerprint density at radius 3 is 3.00 bits per heavy atom. The van der Waals surface area contributed by atoms with Crippen molar-refractivity contribution in [3.8, 4) is 0 Å². The Kier molecular flexibility index (Phi) is 3.20. The molecule has 0 radical (unpaired) electrons. The maximum absolute atomic E-state index is 11.3. The first-order valence-electron chi connectivity index (χ1n) is 6.45. The quantitative estimate of drug-likeness (QED) is 0.675. The zero-order valence-electron chi connectivity index (χ0n) is 11.2. The predicted molar refractivity (Wildman–Crippen MR) is 78.4 cm³/mol. The van der Waals surface area contributed by atoms with Crippen molar-refractivity contribution >= 4 is 38.6 Å². The summed E-state index contributed by atoms with van der Waals surface area (Å²) in [5, 5.41) is 20.3. The van der Waals surface area contributed by atoms with Gasteiger partial charge >= 0.3 is 11.7 Å². The van der Waals surface area contributed by atoms with Gasteiger partial charge in [0.25, 0.3) is 0 Å². The summed E-state index contributed by atoms with van der Waals surface area (Å²) in [6, 6.07) is 1.85. The highest BCUT2D eigenvalue weighted by atomic mass is 79.9. The number of fused-ring (bicyclic) bond motifs is 3. The Labute approximate surface area is 127 Å². The molecule has 2 aromatic rings. The fourth-order valence-electron chi connectivity index (χ4n) is 2.89. The standard InChI is InChI=1S/C13H12BrN3O4/c1-6-4-8-11(12(10(6)14)17(20)21)15-13-7(5-9(18)19)2-3-16(8)13/h4,7H,2-3,5H2,1H3,(H,18,19). The summed E-state index contributed by atoms with van der Waals surface area (Å²) in [5.74, 6) is -0.436. The second-order valence-corrected chi connectivity index (χ2v) is 5.98. The van der Waals surface area contributed by atoms with Gasteiger partial charge in [0.05, 0.1) is 16.9 Å². The molecule has 2 heterocycles. The van der Waals surface area contributed by atoms with E-state index in [-0.39, 0.29) is 18.0 Å². The molecular weight excluding hydrogens is 342 g/mol. The van der Waals surface area contributed by atoms with Crippen LogP contribution in [0.25, 0.3) is 11.0 Å². The van der Waals surface area contributed by atoms with Crippen LogP contribution in [0.2, 0.25) is 0 Å². The van der Waals surface area contributed by atoms with Crippen molar-refractivity contribution in [3.63, 3.8) is 0 Å². The van der Waals surface area contributed by atoms with Crippen LogP contribution in [0.4, 0.5) is 5.69 Å². The van der Waals surface area contributed by atoms with Crippen LogP contribution in [-0.2, 0) is 11.3 Å². The van der Waals surface area contributed by atoms with Crippen molar-refractivity contribution in [1.82, 2.24) is 9.55 Å². The van der Waals surface area contributed by atoms with Crippen molar-refractivity contribution in [2.75, 3.05) is 0 Å². The van der Waals surface area contributed by atoms with Crippen LogP contribution in [0, 0.1) is 17.0 Å². The first-order valence-corrected chi connectivity index (χ1v) is 7.25. The third-order valence-corrected chi connectivity index (χ3v) is 4.84. The molecule has 1 N–H and O–H groups in total. The average molecular weight is 354 g/mol. The number of imidazole rings is 1. The summed E-state index contributed by atoms with van der Waals surface area (Å²) < 4.78 is 2.32. The van der Waals surface area contributed by atoms with Gasteiger partial charge in [-0.25, -0.2) is 4.98 Å². The number of aryl methyl sites for hydroxylation is 2. The van der Waals surface area contributed by atoms with Gasteiger partial charge in [-0.3, -0.25) is 14.9 Å². The molecule has 0 aliphatic carbocycles. The minimum Gasteiger partial charge on any atom is -0.481 e. The van der Waals surface area contributed by atoms with Crippen LogP contribution < -0.4 is 0 Å². The van der Waals surface area contributed by atoms with E-state index in [9.17, 15) is 14.9 Å². The highest BCUT2D eigenvalue weighted by Crippen LogP contribution is 2.40. The Bertz CT molecular complexity index is 784. The molecule has 110 valence electrons. The number of aromatic nitrogens is 2. The number of nitrogens with zero attached hydrogens (tertiary/aromatic N) is 3. The second kappa shape index (κ2) is 4.80. The van der Waals surface area contributed by atoms with Crippen molar-refractivity contribution in [3.05, 3.63) is 32.0 Å². The Morgan fingerprint density at radius 1 is 1.67 bits per heavy atom. The molecule has 1 unspecified atom stereocenters. The van der Waals surface area contributed by atoms with Gasteiger partial charge in [-0.2, -0.15) is 0 Å². The van der Waals surface area contributed by atoms with Gasteiger partial charge in [0.1, 0.15) is 10.3 Å². The normalized spacial score (nSPS) is 17.1. The Hall–Kier alpha value is -1.96. The van der Waals surface area contributed by atoms with Gasteiger partial charge in [-0.05, 0) is 40.9 Å². The van der Waals surface area contributed by atoms with E-state index in [4.69, 9.17) is 5.11 Å². The lowest BCUT2D eigenvalue weighted by atomic mass is 10.0. The van der Waals surface area contributed by atoms with Gasteiger partial charge in [-0.15, -0.1) is 0 Å². The topological polar surface area (TPSA) is 98.3 Å². The molecule has 1 aromatic carbocycles. The van der Waals surface area contributed by atoms with Crippen LogP contribution in [0.1, 0.15) is 30.1 Å². The summed E-state index contributed by atoms with van der Waals surface area (Å²) in [7, 11) is 0. The summed E-state index contributed by atoms with van der Waals surface area (Å²) in [6.45, 7) is 2.43. The van der Waals surface area contributed by atoms with Gasteiger partial charge in [-0.1, -0.05) is 0 Å². The van der Waals surface area contributed by atoms with Gasteiger partial charge in [0.15, 0.2) is 5.52 Å². The molecule has 7 nitrogen and oxygen atoms in total. The van der Waals surface area contributed by atoms with E-state index in [0.29, 0.717) is 34.3 Å². The number of carboxylic acid groups (broad SMARTS) is 1. The predicted octanol–water partition coefficient (Wildman–Crippen LogP) is 2.98. The van der Waals surface area contributed by atoms with Gasteiger partial charge in [0.2, 0.25) is 0 Å². The van der Waals surface area contributed by atoms with Crippen LogP contribution in [0.15, 0.2) is 10.5 Å². The monoisotopic (exact) mass is 353 g/mol. The van der Waals surface area contributed by atoms with E-state index in [1.54, 1.807) is 6.92 Å². The van der Waals surface area contributed by atoms with Crippen molar-refractivity contribution in [2.45, 2.75) is 32.2 Å². The third-order valence-electron chi connectivity index (χ3n) is 3.84. The van der Waals surface area contributed by atoms with E-state index >= 15 is 0 Å². The largest absolute Gasteiger partial charge is 0.481 e. The molecule has 3 rings (SSSR count). The van der Waals surface area contributed by atoms with E-state index < -0.39 is 10.9 Å². The lowest BCUT2D eigenvalue weighted by Gasteiger charge is -2.03. The van der Waals surface area contributed by atoms with Gasteiger partial charge in [0, 0.05) is 12.5 Å². The molecule has 21 heavy (non-hydrogen) atoms. The number of benzene rings is 1. The minimum absolute atomic E-state index is 0.00271. The molecule has 0 fully saturated rings. The Morgan fingerprint density at radius 2 is 2.38 bits per heavy atom. The van der Waals surface area contributed by atoms with Crippen LogP contribution in [-0.4, -0.2) is 25.6 Å². The molecule has 0 bridgehead atoms. The average Bonchev–Trinajstić information content (AvgIpc) is 2.91.